The zero-order chi connectivity index (χ0) is 20.3. The summed E-state index contributed by atoms with van der Waals surface area (Å²) < 4.78 is 4.95. The minimum atomic E-state index is -0.109. The van der Waals surface area contributed by atoms with Gasteiger partial charge in [0.25, 0.3) is 0 Å². The second-order valence-corrected chi connectivity index (χ2v) is 11.2. The number of ketones is 1. The fraction of sp³-hybridized carbons (Fsp3) is 0.920. The molecule has 0 radical (unpaired) electrons. The van der Waals surface area contributed by atoms with E-state index in [-0.39, 0.29) is 34.6 Å². The highest BCUT2D eigenvalue weighted by molar-refractivity contribution is 5.86. The summed E-state index contributed by atoms with van der Waals surface area (Å²) in [6, 6.07) is 0. The number of ether oxygens (including phenoxy) is 1. The minimum Gasteiger partial charge on any atom is -0.469 e. The Kier molecular flexibility index (Phi) is 5.20. The van der Waals surface area contributed by atoms with Crippen LogP contribution in [0.15, 0.2) is 0 Å². The molecule has 4 aliphatic rings. The van der Waals surface area contributed by atoms with Crippen LogP contribution in [0.2, 0.25) is 0 Å². The Hall–Kier alpha value is -0.860. The first kappa shape index (κ1) is 20.4. The van der Waals surface area contributed by atoms with Crippen LogP contribution in [0.1, 0.15) is 85.5 Å². The standard InChI is InChI=1S/C25H40O3/c1-15(14-21(26)28-5)19-11-12-20-18-10-9-17-8-6-7-13-24(17,3)22(18)23(27)16(2)25(19,20)4/h15-20,22H,6-14H2,1-5H3/t15-,16+,17?,18?,19?,20?,22?,24?,25?/m1/s1. The van der Waals surface area contributed by atoms with Crippen molar-refractivity contribution in [2.75, 3.05) is 7.11 Å². The first-order valence-corrected chi connectivity index (χ1v) is 11.9. The summed E-state index contributed by atoms with van der Waals surface area (Å²) in [5, 5.41) is 0. The highest BCUT2D eigenvalue weighted by Crippen LogP contribution is 2.68. The quantitative estimate of drug-likeness (QED) is 0.586. The predicted molar refractivity (Wildman–Crippen MR) is 111 cm³/mol. The van der Waals surface area contributed by atoms with Gasteiger partial charge in [0.15, 0.2) is 0 Å². The van der Waals surface area contributed by atoms with E-state index in [1.54, 1.807) is 0 Å². The van der Waals surface area contributed by atoms with Crippen LogP contribution in [0, 0.1) is 52.3 Å². The molecule has 0 saturated heterocycles. The SMILES string of the molecule is COC(=O)C[C@@H](C)C1CCC2C3CCC4CCCCC4(C)C3C(=O)[C@H](C)C21C. The van der Waals surface area contributed by atoms with Gasteiger partial charge in [-0.2, -0.15) is 0 Å². The van der Waals surface area contributed by atoms with Crippen molar-refractivity contribution >= 4 is 11.8 Å². The van der Waals surface area contributed by atoms with Crippen LogP contribution < -0.4 is 0 Å². The molecule has 3 heteroatoms. The van der Waals surface area contributed by atoms with Gasteiger partial charge in [0.2, 0.25) is 0 Å². The van der Waals surface area contributed by atoms with E-state index in [0.717, 1.165) is 5.92 Å². The summed E-state index contributed by atoms with van der Waals surface area (Å²) in [6.45, 7) is 9.30. The zero-order valence-electron chi connectivity index (χ0n) is 18.6. The normalized spacial score (nSPS) is 49.0. The van der Waals surface area contributed by atoms with Crippen LogP contribution in [0.4, 0.5) is 0 Å². The Morgan fingerprint density at radius 2 is 1.89 bits per heavy atom. The largest absolute Gasteiger partial charge is 0.469 e. The number of carbonyl (C=O) groups excluding carboxylic acids is 2. The zero-order valence-corrected chi connectivity index (χ0v) is 18.6. The van der Waals surface area contributed by atoms with Crippen molar-refractivity contribution in [2.45, 2.75) is 85.5 Å². The van der Waals surface area contributed by atoms with Gasteiger partial charge in [0.05, 0.1) is 7.11 Å². The number of carbonyl (C=O) groups is 2. The molecule has 9 atom stereocenters. The molecule has 0 aromatic carbocycles. The minimum absolute atomic E-state index is 0.0452. The summed E-state index contributed by atoms with van der Waals surface area (Å²) in [5.41, 5.74) is 0.285. The number of rotatable bonds is 3. The highest BCUT2D eigenvalue weighted by atomic mass is 16.5. The molecular formula is C25H40O3. The number of esters is 1. The van der Waals surface area contributed by atoms with Gasteiger partial charge in [-0.1, -0.05) is 40.5 Å². The van der Waals surface area contributed by atoms with E-state index >= 15 is 0 Å². The third-order valence-electron chi connectivity index (χ3n) is 10.4. The van der Waals surface area contributed by atoms with Crippen molar-refractivity contribution in [3.63, 3.8) is 0 Å². The van der Waals surface area contributed by atoms with Crippen molar-refractivity contribution in [2.24, 2.45) is 52.3 Å². The summed E-state index contributed by atoms with van der Waals surface area (Å²) in [5.74, 6) is 3.58. The lowest BCUT2D eigenvalue weighted by Crippen LogP contribution is -2.60. The first-order chi connectivity index (χ1) is 13.2. The molecule has 4 aliphatic carbocycles. The lowest BCUT2D eigenvalue weighted by Gasteiger charge is -2.61. The van der Waals surface area contributed by atoms with E-state index < -0.39 is 0 Å². The number of hydrogen-bond donors (Lipinski definition) is 0. The predicted octanol–water partition coefficient (Wildman–Crippen LogP) is 5.66. The maximum atomic E-state index is 13.9. The number of methoxy groups -OCH3 is 1. The molecule has 3 nitrogen and oxygen atoms in total. The molecule has 4 saturated carbocycles. The highest BCUT2D eigenvalue weighted by Gasteiger charge is 2.65. The average Bonchev–Trinajstić information content (AvgIpc) is 3.03. The van der Waals surface area contributed by atoms with Gasteiger partial charge >= 0.3 is 5.97 Å². The molecule has 4 fully saturated rings. The third-order valence-corrected chi connectivity index (χ3v) is 10.4. The van der Waals surface area contributed by atoms with Crippen molar-refractivity contribution in [1.82, 2.24) is 0 Å². The average molecular weight is 389 g/mol. The van der Waals surface area contributed by atoms with Crippen LogP contribution in [-0.4, -0.2) is 18.9 Å². The Bertz CT molecular complexity index is 642. The Balaban J connectivity index is 1.65. The molecule has 0 amide bonds. The van der Waals surface area contributed by atoms with E-state index in [9.17, 15) is 9.59 Å². The van der Waals surface area contributed by atoms with E-state index in [0.29, 0.717) is 30.0 Å². The van der Waals surface area contributed by atoms with Gasteiger partial charge in [-0.05, 0) is 78.9 Å². The van der Waals surface area contributed by atoms with Crippen LogP contribution in [0.3, 0.4) is 0 Å². The maximum absolute atomic E-state index is 13.9. The molecule has 0 spiro atoms. The van der Waals surface area contributed by atoms with Gasteiger partial charge in [-0.25, -0.2) is 0 Å². The van der Waals surface area contributed by atoms with E-state index in [2.05, 4.69) is 27.7 Å². The lowest BCUT2D eigenvalue weighted by molar-refractivity contribution is -0.169. The lowest BCUT2D eigenvalue weighted by atomic mass is 9.42. The number of fused-ring (bicyclic) bond motifs is 5. The molecule has 7 unspecified atom stereocenters. The summed E-state index contributed by atoms with van der Waals surface area (Å²) in [6.07, 6.45) is 10.7. The van der Waals surface area contributed by atoms with Gasteiger partial charge in [-0.15, -0.1) is 0 Å². The van der Waals surface area contributed by atoms with Gasteiger partial charge in [0.1, 0.15) is 5.78 Å². The molecule has 4 rings (SSSR count). The maximum Gasteiger partial charge on any atom is 0.305 e. The second-order valence-electron chi connectivity index (χ2n) is 11.2. The van der Waals surface area contributed by atoms with E-state index in [1.807, 2.05) is 0 Å². The van der Waals surface area contributed by atoms with Crippen LogP contribution in [-0.2, 0) is 14.3 Å². The van der Waals surface area contributed by atoms with Crippen molar-refractivity contribution in [3.8, 4) is 0 Å². The van der Waals surface area contributed by atoms with Crippen molar-refractivity contribution in [1.29, 1.82) is 0 Å². The smallest absolute Gasteiger partial charge is 0.305 e. The van der Waals surface area contributed by atoms with Crippen LogP contribution >= 0.6 is 0 Å². The van der Waals surface area contributed by atoms with Gasteiger partial charge in [0, 0.05) is 18.3 Å². The monoisotopic (exact) mass is 388 g/mol. The topological polar surface area (TPSA) is 43.4 Å². The number of hydrogen-bond acceptors (Lipinski definition) is 3. The molecule has 0 aromatic rings. The number of Topliss-reactive ketones (excluding diaryl/α,β-unsaturated/α-hetero) is 1. The third kappa shape index (κ3) is 2.74. The summed E-state index contributed by atoms with van der Waals surface area (Å²) >= 11 is 0. The Morgan fingerprint density at radius 3 is 2.61 bits per heavy atom. The molecule has 0 bridgehead atoms. The molecule has 0 N–H and O–H groups in total. The van der Waals surface area contributed by atoms with Gasteiger partial charge in [-0.3, -0.25) is 9.59 Å². The van der Waals surface area contributed by atoms with E-state index in [4.69, 9.17) is 4.74 Å². The Labute approximate surface area is 171 Å². The fourth-order valence-corrected chi connectivity index (χ4v) is 8.87. The molecule has 0 heterocycles. The van der Waals surface area contributed by atoms with Crippen LogP contribution in [0.25, 0.3) is 0 Å². The fourth-order valence-electron chi connectivity index (χ4n) is 8.87. The second kappa shape index (κ2) is 7.13. The summed E-state index contributed by atoms with van der Waals surface area (Å²) in [7, 11) is 1.48. The van der Waals surface area contributed by atoms with Crippen LogP contribution in [0.5, 0.6) is 0 Å². The molecule has 158 valence electrons. The first-order valence-electron chi connectivity index (χ1n) is 11.9. The van der Waals surface area contributed by atoms with Crippen molar-refractivity contribution < 1.29 is 14.3 Å². The van der Waals surface area contributed by atoms with E-state index in [1.165, 1.54) is 58.5 Å². The van der Waals surface area contributed by atoms with Crippen molar-refractivity contribution in [3.05, 3.63) is 0 Å². The Morgan fingerprint density at radius 1 is 1.14 bits per heavy atom. The molecule has 0 aromatic heterocycles. The van der Waals surface area contributed by atoms with Gasteiger partial charge < -0.3 is 4.74 Å². The molecule has 28 heavy (non-hydrogen) atoms. The summed E-state index contributed by atoms with van der Waals surface area (Å²) in [4.78, 5) is 25.9. The molecule has 0 aliphatic heterocycles. The molecular weight excluding hydrogens is 348 g/mol.